The Morgan fingerprint density at radius 2 is 1.97 bits per heavy atom. The van der Waals surface area contributed by atoms with Crippen LogP contribution in [0.2, 0.25) is 0 Å². The van der Waals surface area contributed by atoms with Crippen LogP contribution >= 0.6 is 0 Å². The number of hydrogen-bond donors (Lipinski definition) is 1. The third-order valence-corrected chi connectivity index (χ3v) is 7.53. The first-order valence-electron chi connectivity index (χ1n) is 12.2. The molecule has 1 unspecified atom stereocenters. The fourth-order valence-electron chi connectivity index (χ4n) is 5.96. The standard InChI is InChI=1S/C25H27N5O6/c31-13-4-3-12-29-21-23(33)28(15-30-17-8-2-1-7-16(17)26-27-30)11-6-10-25(21)20(22(29)32)19-18(36-25)9-5-14-35-24(19)34/h1-2,5-10,18-21,31H,3-4,11-15H2/t18-,19+,20+,21?,25+/m1/s1. The summed E-state index contributed by atoms with van der Waals surface area (Å²) in [5.74, 6) is -2.78. The van der Waals surface area contributed by atoms with Crippen molar-refractivity contribution >= 4 is 28.8 Å². The van der Waals surface area contributed by atoms with Crippen molar-refractivity contribution in [2.75, 3.05) is 26.3 Å². The molecule has 1 aromatic carbocycles. The highest BCUT2D eigenvalue weighted by molar-refractivity contribution is 5.99. The number of hydrogen-bond acceptors (Lipinski definition) is 8. The number of fused-ring (bicyclic) bond motifs is 3. The summed E-state index contributed by atoms with van der Waals surface area (Å²) in [4.78, 5) is 44.0. The molecule has 1 aromatic heterocycles. The Hall–Kier alpha value is -3.57. The molecule has 4 aliphatic rings. The van der Waals surface area contributed by atoms with Crippen molar-refractivity contribution < 1.29 is 29.0 Å². The highest BCUT2D eigenvalue weighted by atomic mass is 16.6. The van der Waals surface area contributed by atoms with E-state index in [-0.39, 0.29) is 44.8 Å². The van der Waals surface area contributed by atoms with E-state index in [4.69, 9.17) is 9.47 Å². The predicted octanol–water partition coefficient (Wildman–Crippen LogP) is 0.254. The number of rotatable bonds is 6. The maximum Gasteiger partial charge on any atom is 0.313 e. The fourth-order valence-corrected chi connectivity index (χ4v) is 5.96. The number of carbonyl (C=O) groups is 3. The van der Waals surface area contributed by atoms with E-state index in [1.807, 2.05) is 30.3 Å². The maximum absolute atomic E-state index is 14.1. The van der Waals surface area contributed by atoms with Gasteiger partial charge < -0.3 is 24.4 Å². The van der Waals surface area contributed by atoms with Crippen LogP contribution in [0.3, 0.4) is 0 Å². The van der Waals surface area contributed by atoms with Crippen LogP contribution in [-0.2, 0) is 30.5 Å². The summed E-state index contributed by atoms with van der Waals surface area (Å²) in [7, 11) is 0. The second-order valence-electron chi connectivity index (χ2n) is 9.54. The first-order chi connectivity index (χ1) is 17.5. The minimum atomic E-state index is -1.29. The molecule has 2 fully saturated rings. The summed E-state index contributed by atoms with van der Waals surface area (Å²) in [6, 6.07) is 6.54. The van der Waals surface area contributed by atoms with Gasteiger partial charge in [0.1, 0.15) is 36.4 Å². The predicted molar refractivity (Wildman–Crippen MR) is 125 cm³/mol. The normalized spacial score (nSPS) is 31.3. The van der Waals surface area contributed by atoms with Gasteiger partial charge in [-0.1, -0.05) is 35.6 Å². The quantitative estimate of drug-likeness (QED) is 0.345. The lowest BCUT2D eigenvalue weighted by Gasteiger charge is -2.35. The number of likely N-dealkylation sites (tertiary alicyclic amines) is 1. The molecule has 188 valence electrons. The first-order valence-corrected chi connectivity index (χ1v) is 12.2. The second-order valence-corrected chi connectivity index (χ2v) is 9.54. The van der Waals surface area contributed by atoms with E-state index < -0.39 is 35.6 Å². The van der Waals surface area contributed by atoms with Crippen molar-refractivity contribution in [2.45, 2.75) is 37.3 Å². The third kappa shape index (κ3) is 3.37. The Morgan fingerprint density at radius 1 is 1.11 bits per heavy atom. The van der Waals surface area contributed by atoms with Gasteiger partial charge in [0, 0.05) is 19.7 Å². The molecule has 0 aliphatic carbocycles. The summed E-state index contributed by atoms with van der Waals surface area (Å²) in [6.07, 6.45) is 7.44. The van der Waals surface area contributed by atoms with Crippen LogP contribution in [0, 0.1) is 11.8 Å². The van der Waals surface area contributed by atoms with Crippen LogP contribution in [-0.4, -0.2) is 91.7 Å². The smallest absolute Gasteiger partial charge is 0.313 e. The van der Waals surface area contributed by atoms with Gasteiger partial charge in [0.2, 0.25) is 5.91 Å². The number of esters is 1. The Balaban J connectivity index is 1.38. The molecule has 0 bridgehead atoms. The number of aromatic nitrogens is 3. The van der Waals surface area contributed by atoms with Crippen LogP contribution in [0.4, 0.5) is 0 Å². The molecule has 2 amide bonds. The average molecular weight is 494 g/mol. The molecule has 5 atom stereocenters. The number of carbonyl (C=O) groups excluding carboxylic acids is 3. The number of amides is 2. The van der Waals surface area contributed by atoms with E-state index in [2.05, 4.69) is 10.3 Å². The molecule has 1 N–H and O–H groups in total. The largest absolute Gasteiger partial charge is 0.461 e. The molecule has 36 heavy (non-hydrogen) atoms. The lowest BCUT2D eigenvalue weighted by molar-refractivity contribution is -0.153. The van der Waals surface area contributed by atoms with Crippen molar-refractivity contribution in [3.63, 3.8) is 0 Å². The van der Waals surface area contributed by atoms with Crippen molar-refractivity contribution in [3.8, 4) is 0 Å². The number of aliphatic hydroxyl groups excluding tert-OH is 1. The molecular formula is C25H27N5O6. The van der Waals surface area contributed by atoms with Crippen LogP contribution in [0.25, 0.3) is 11.0 Å². The van der Waals surface area contributed by atoms with Crippen molar-refractivity contribution in [3.05, 3.63) is 48.6 Å². The van der Waals surface area contributed by atoms with Gasteiger partial charge >= 0.3 is 5.97 Å². The lowest BCUT2D eigenvalue weighted by atomic mass is 9.78. The molecule has 0 radical (unpaired) electrons. The summed E-state index contributed by atoms with van der Waals surface area (Å²) < 4.78 is 13.5. The molecule has 0 saturated carbocycles. The summed E-state index contributed by atoms with van der Waals surface area (Å²) in [5, 5.41) is 17.7. The second kappa shape index (κ2) is 8.82. The molecule has 11 heteroatoms. The molecule has 5 heterocycles. The zero-order valence-corrected chi connectivity index (χ0v) is 19.6. The Morgan fingerprint density at radius 3 is 2.83 bits per heavy atom. The van der Waals surface area contributed by atoms with E-state index in [1.165, 1.54) is 4.90 Å². The van der Waals surface area contributed by atoms with Crippen LogP contribution in [0.5, 0.6) is 0 Å². The van der Waals surface area contributed by atoms with Crippen LogP contribution in [0.15, 0.2) is 48.6 Å². The molecule has 6 rings (SSSR count). The lowest BCUT2D eigenvalue weighted by Crippen LogP contribution is -2.55. The van der Waals surface area contributed by atoms with Gasteiger partial charge in [-0.15, -0.1) is 5.10 Å². The zero-order chi connectivity index (χ0) is 24.9. The molecule has 2 aromatic rings. The Bertz CT molecular complexity index is 1270. The maximum atomic E-state index is 14.1. The average Bonchev–Trinajstić information content (AvgIpc) is 3.42. The minimum absolute atomic E-state index is 0.0149. The number of para-hydroxylation sites is 1. The van der Waals surface area contributed by atoms with Crippen molar-refractivity contribution in [1.29, 1.82) is 0 Å². The number of cyclic esters (lactones) is 1. The number of unbranched alkanes of at least 4 members (excludes halogenated alkanes) is 1. The van der Waals surface area contributed by atoms with Crippen molar-refractivity contribution in [1.82, 2.24) is 24.8 Å². The zero-order valence-electron chi connectivity index (χ0n) is 19.6. The van der Waals surface area contributed by atoms with E-state index in [1.54, 1.807) is 27.8 Å². The van der Waals surface area contributed by atoms with Crippen molar-refractivity contribution in [2.24, 2.45) is 11.8 Å². The van der Waals surface area contributed by atoms with Gasteiger partial charge in [-0.2, -0.15) is 0 Å². The van der Waals surface area contributed by atoms with Gasteiger partial charge in [0.05, 0.1) is 17.5 Å². The monoisotopic (exact) mass is 493 g/mol. The van der Waals surface area contributed by atoms with Crippen LogP contribution < -0.4 is 0 Å². The van der Waals surface area contributed by atoms with Crippen LogP contribution in [0.1, 0.15) is 12.8 Å². The SMILES string of the molecule is O=C1OCC=C[C@H]2O[C@]34C=CCN(Cn5nnc6ccccc65)C(=O)C3N(CCCCO)C(=O)[C@@H]4[C@@H]12. The van der Waals surface area contributed by atoms with Gasteiger partial charge in [0.15, 0.2) is 0 Å². The minimum Gasteiger partial charge on any atom is -0.461 e. The highest BCUT2D eigenvalue weighted by Gasteiger charge is 2.71. The van der Waals surface area contributed by atoms with E-state index >= 15 is 0 Å². The van der Waals surface area contributed by atoms with E-state index in [9.17, 15) is 19.5 Å². The highest BCUT2D eigenvalue weighted by Crippen LogP contribution is 2.53. The topological polar surface area (TPSA) is 127 Å². The third-order valence-electron chi connectivity index (χ3n) is 7.53. The van der Waals surface area contributed by atoms with E-state index in [0.717, 1.165) is 11.0 Å². The number of aliphatic hydroxyl groups is 1. The first kappa shape index (κ1) is 22.9. The van der Waals surface area contributed by atoms with Gasteiger partial charge in [-0.25, -0.2) is 4.68 Å². The van der Waals surface area contributed by atoms with Gasteiger partial charge in [-0.3, -0.25) is 14.4 Å². The molecule has 1 spiro atoms. The number of ether oxygens (including phenoxy) is 2. The fraction of sp³-hybridized carbons (Fsp3) is 0.480. The van der Waals surface area contributed by atoms with Gasteiger partial charge in [-0.05, 0) is 31.1 Å². The Labute approximate surface area is 206 Å². The van der Waals surface area contributed by atoms with E-state index in [0.29, 0.717) is 12.8 Å². The summed E-state index contributed by atoms with van der Waals surface area (Å²) in [5.41, 5.74) is 0.224. The number of nitrogens with zero attached hydrogens (tertiary/aromatic N) is 5. The molecule has 2 saturated heterocycles. The Kier molecular flexibility index (Phi) is 5.60. The molecule has 4 aliphatic heterocycles. The number of benzene rings is 1. The molecule has 11 nitrogen and oxygen atoms in total. The summed E-state index contributed by atoms with van der Waals surface area (Å²) >= 11 is 0. The molecular weight excluding hydrogens is 466 g/mol. The van der Waals surface area contributed by atoms with Gasteiger partial charge in [0.25, 0.3) is 5.91 Å². The summed E-state index contributed by atoms with van der Waals surface area (Å²) in [6.45, 7) is 0.817.